The monoisotopic (exact) mass is 267 g/mol. The Balaban J connectivity index is 1.69. The first-order valence-electron chi connectivity index (χ1n) is 7.10. The van der Waals surface area contributed by atoms with Gasteiger partial charge in [-0.2, -0.15) is 0 Å². The van der Waals surface area contributed by atoms with Crippen LogP contribution in [0.1, 0.15) is 24.2 Å². The second-order valence-electron chi connectivity index (χ2n) is 5.56. The Hall–Kier alpha value is -2.00. The third-order valence-corrected chi connectivity index (χ3v) is 3.81. The van der Waals surface area contributed by atoms with Gasteiger partial charge in [-0.15, -0.1) is 0 Å². The molecule has 0 radical (unpaired) electrons. The number of fused-ring (bicyclic) bond motifs is 1. The first-order valence-corrected chi connectivity index (χ1v) is 7.10. The molecule has 0 amide bonds. The van der Waals surface area contributed by atoms with E-state index in [1.54, 1.807) is 6.26 Å². The molecule has 3 heteroatoms. The van der Waals surface area contributed by atoms with Crippen molar-refractivity contribution in [3.8, 4) is 11.3 Å². The van der Waals surface area contributed by atoms with Crippen LogP contribution in [0.5, 0.6) is 0 Å². The highest BCUT2D eigenvalue weighted by molar-refractivity contribution is 5.83. The van der Waals surface area contributed by atoms with Crippen LogP contribution >= 0.6 is 0 Å². The van der Waals surface area contributed by atoms with Crippen molar-refractivity contribution in [3.63, 3.8) is 0 Å². The molecule has 0 atom stereocenters. The highest BCUT2D eigenvalue weighted by Crippen LogP contribution is 2.31. The fourth-order valence-electron chi connectivity index (χ4n) is 2.52. The summed E-state index contributed by atoms with van der Waals surface area (Å²) in [6.45, 7) is 2.86. The maximum absolute atomic E-state index is 5.94. The Morgan fingerprint density at radius 1 is 1.20 bits per heavy atom. The molecule has 1 saturated carbocycles. The van der Waals surface area contributed by atoms with E-state index >= 15 is 0 Å². The molecule has 1 aliphatic carbocycles. The number of furan rings is 2. The summed E-state index contributed by atoms with van der Waals surface area (Å²) >= 11 is 0. The number of nitrogens with one attached hydrogen (secondary N) is 1. The topological polar surface area (TPSA) is 38.3 Å². The maximum atomic E-state index is 5.94. The lowest BCUT2D eigenvalue weighted by molar-refractivity contribution is 0.481. The molecular weight excluding hydrogens is 250 g/mol. The lowest BCUT2D eigenvalue weighted by atomic mass is 10.1. The standard InChI is InChI=1S/C17H17NO2/c1-11-2-5-15-12(8-11)9-16(20-15)14-6-7-19-17(14)10-18-13-3-4-13/h2,5-9,13,18H,3-4,10H2,1H3. The van der Waals surface area contributed by atoms with Gasteiger partial charge in [0.2, 0.25) is 0 Å². The van der Waals surface area contributed by atoms with E-state index in [2.05, 4.69) is 30.4 Å². The zero-order valence-corrected chi connectivity index (χ0v) is 11.5. The summed E-state index contributed by atoms with van der Waals surface area (Å²) in [6.07, 6.45) is 4.29. The zero-order chi connectivity index (χ0) is 13.5. The predicted octanol–water partition coefficient (Wildman–Crippen LogP) is 4.25. The molecule has 0 aliphatic heterocycles. The van der Waals surface area contributed by atoms with Gasteiger partial charge in [-0.25, -0.2) is 0 Å². The molecule has 102 valence electrons. The van der Waals surface area contributed by atoms with E-state index in [0.717, 1.165) is 34.6 Å². The minimum Gasteiger partial charge on any atom is -0.467 e. The maximum Gasteiger partial charge on any atom is 0.138 e. The summed E-state index contributed by atoms with van der Waals surface area (Å²) in [6, 6.07) is 11.0. The third kappa shape index (κ3) is 2.14. The molecule has 1 fully saturated rings. The van der Waals surface area contributed by atoms with Crippen LogP contribution in [0.4, 0.5) is 0 Å². The molecule has 0 bridgehead atoms. The van der Waals surface area contributed by atoms with Gasteiger partial charge in [0.1, 0.15) is 17.1 Å². The van der Waals surface area contributed by atoms with Crippen molar-refractivity contribution in [1.29, 1.82) is 0 Å². The predicted molar refractivity (Wildman–Crippen MR) is 78.5 cm³/mol. The Morgan fingerprint density at radius 2 is 2.10 bits per heavy atom. The van der Waals surface area contributed by atoms with Crippen LogP contribution < -0.4 is 5.32 Å². The molecular formula is C17H17NO2. The van der Waals surface area contributed by atoms with E-state index in [-0.39, 0.29) is 0 Å². The van der Waals surface area contributed by atoms with Crippen molar-refractivity contribution in [3.05, 3.63) is 47.9 Å². The van der Waals surface area contributed by atoms with Crippen molar-refractivity contribution in [2.75, 3.05) is 0 Å². The van der Waals surface area contributed by atoms with E-state index in [4.69, 9.17) is 8.83 Å². The largest absolute Gasteiger partial charge is 0.467 e. The van der Waals surface area contributed by atoms with Gasteiger partial charge in [0, 0.05) is 11.4 Å². The number of rotatable bonds is 4. The van der Waals surface area contributed by atoms with Crippen LogP contribution in [-0.2, 0) is 6.54 Å². The summed E-state index contributed by atoms with van der Waals surface area (Å²) in [5.74, 6) is 1.83. The molecule has 3 aromatic rings. The lowest BCUT2D eigenvalue weighted by Gasteiger charge is -2.01. The second kappa shape index (κ2) is 4.53. The SMILES string of the molecule is Cc1ccc2oc(-c3ccoc3CNC3CC3)cc2c1. The Labute approximate surface area is 117 Å². The van der Waals surface area contributed by atoms with E-state index < -0.39 is 0 Å². The molecule has 1 aromatic carbocycles. The molecule has 3 nitrogen and oxygen atoms in total. The normalized spacial score (nSPS) is 15.1. The Morgan fingerprint density at radius 3 is 2.95 bits per heavy atom. The summed E-state index contributed by atoms with van der Waals surface area (Å²) in [7, 11) is 0. The van der Waals surface area contributed by atoms with E-state index in [1.165, 1.54) is 18.4 Å². The first-order chi connectivity index (χ1) is 9.79. The van der Waals surface area contributed by atoms with Gasteiger partial charge in [0.25, 0.3) is 0 Å². The number of hydrogen-bond donors (Lipinski definition) is 1. The molecule has 0 spiro atoms. The molecule has 20 heavy (non-hydrogen) atoms. The summed E-state index contributed by atoms with van der Waals surface area (Å²) in [5.41, 5.74) is 3.22. The average molecular weight is 267 g/mol. The Kier molecular flexibility index (Phi) is 2.67. The molecule has 0 unspecified atom stereocenters. The van der Waals surface area contributed by atoms with Gasteiger partial charge in [-0.05, 0) is 44.0 Å². The zero-order valence-electron chi connectivity index (χ0n) is 11.5. The minimum atomic E-state index is 0.672. The summed E-state index contributed by atoms with van der Waals surface area (Å²) in [4.78, 5) is 0. The highest BCUT2D eigenvalue weighted by atomic mass is 16.3. The quantitative estimate of drug-likeness (QED) is 0.767. The lowest BCUT2D eigenvalue weighted by Crippen LogP contribution is -2.15. The molecule has 1 N–H and O–H groups in total. The summed E-state index contributed by atoms with van der Waals surface area (Å²) in [5, 5.41) is 4.62. The van der Waals surface area contributed by atoms with Crippen LogP contribution in [0.2, 0.25) is 0 Å². The van der Waals surface area contributed by atoms with Crippen molar-refractivity contribution in [1.82, 2.24) is 5.32 Å². The van der Waals surface area contributed by atoms with E-state index in [1.807, 2.05) is 12.1 Å². The van der Waals surface area contributed by atoms with Gasteiger partial charge in [0.05, 0.1) is 18.4 Å². The van der Waals surface area contributed by atoms with Gasteiger partial charge >= 0.3 is 0 Å². The van der Waals surface area contributed by atoms with Crippen LogP contribution in [0.3, 0.4) is 0 Å². The highest BCUT2D eigenvalue weighted by Gasteiger charge is 2.22. The van der Waals surface area contributed by atoms with Gasteiger partial charge in [-0.3, -0.25) is 0 Å². The average Bonchev–Trinajstić information content (AvgIpc) is 2.99. The smallest absolute Gasteiger partial charge is 0.138 e. The number of benzene rings is 1. The molecule has 0 saturated heterocycles. The molecule has 2 aromatic heterocycles. The van der Waals surface area contributed by atoms with Crippen molar-refractivity contribution >= 4 is 11.0 Å². The molecule has 4 rings (SSSR count). The molecule has 2 heterocycles. The van der Waals surface area contributed by atoms with Crippen molar-refractivity contribution in [2.24, 2.45) is 0 Å². The van der Waals surface area contributed by atoms with Crippen LogP contribution in [0, 0.1) is 6.92 Å². The Bertz CT molecular complexity index is 749. The van der Waals surface area contributed by atoms with Gasteiger partial charge in [0.15, 0.2) is 0 Å². The number of aryl methyl sites for hydroxylation is 1. The third-order valence-electron chi connectivity index (χ3n) is 3.81. The van der Waals surface area contributed by atoms with E-state index in [0.29, 0.717) is 6.04 Å². The van der Waals surface area contributed by atoms with Crippen molar-refractivity contribution < 1.29 is 8.83 Å². The fourth-order valence-corrected chi connectivity index (χ4v) is 2.52. The van der Waals surface area contributed by atoms with Gasteiger partial charge < -0.3 is 14.2 Å². The van der Waals surface area contributed by atoms with Crippen LogP contribution in [0.15, 0.2) is 45.4 Å². The first kappa shape index (κ1) is 11.8. The van der Waals surface area contributed by atoms with Crippen LogP contribution in [0.25, 0.3) is 22.3 Å². The minimum absolute atomic E-state index is 0.672. The number of hydrogen-bond acceptors (Lipinski definition) is 3. The summed E-state index contributed by atoms with van der Waals surface area (Å²) < 4.78 is 11.5. The van der Waals surface area contributed by atoms with Crippen molar-refractivity contribution in [2.45, 2.75) is 32.4 Å². The van der Waals surface area contributed by atoms with Crippen LogP contribution in [-0.4, -0.2) is 6.04 Å². The fraction of sp³-hybridized carbons (Fsp3) is 0.294. The van der Waals surface area contributed by atoms with Gasteiger partial charge in [-0.1, -0.05) is 11.6 Å². The molecule has 1 aliphatic rings. The van der Waals surface area contributed by atoms with E-state index in [9.17, 15) is 0 Å². The second-order valence-corrected chi connectivity index (χ2v) is 5.56.